The van der Waals surface area contributed by atoms with E-state index in [0.29, 0.717) is 5.56 Å². The minimum absolute atomic E-state index is 0.0657. The molecule has 0 aliphatic rings. The van der Waals surface area contributed by atoms with Gasteiger partial charge in [-0.05, 0) is 48.5 Å². The van der Waals surface area contributed by atoms with Crippen LogP contribution in [0.5, 0.6) is 0 Å². The van der Waals surface area contributed by atoms with Gasteiger partial charge in [0.2, 0.25) is 11.9 Å². The maximum atomic E-state index is 9.20. The number of fused-ring (bicyclic) bond motifs is 9. The zero-order valence-corrected chi connectivity index (χ0v) is 26.7. The Kier molecular flexibility index (Phi) is 4.44. The summed E-state index contributed by atoms with van der Waals surface area (Å²) in [5.41, 5.74) is 4.76. The highest BCUT2D eigenvalue weighted by Crippen LogP contribution is 2.37. The average molecular weight is 661 g/mol. The van der Waals surface area contributed by atoms with Crippen molar-refractivity contribution in [3.63, 3.8) is 0 Å². The SMILES string of the molecule is [2H]c1c([2H])c([2H])c2c(c1[2H])c1c([2H])c([2H])c([2H])c([2H])c1n2-c1nc(-c2ccccc2-n2c3ccccc3c3ccccc32)nc(-n2c3ccccc3c3ccccc32)n1. The Morgan fingerprint density at radius 2 is 0.745 bits per heavy atom. The third-order valence-corrected chi connectivity index (χ3v) is 9.59. The molecule has 0 aliphatic carbocycles. The lowest BCUT2D eigenvalue weighted by atomic mass is 10.1. The van der Waals surface area contributed by atoms with E-state index in [4.69, 9.17) is 23.2 Å². The van der Waals surface area contributed by atoms with Crippen molar-refractivity contribution in [1.82, 2.24) is 28.7 Å². The Bertz CT molecular complexity index is 3440. The van der Waals surface area contributed by atoms with Gasteiger partial charge < -0.3 is 4.57 Å². The molecule has 0 aliphatic heterocycles. The van der Waals surface area contributed by atoms with Crippen LogP contribution in [0.15, 0.2) is 170 Å². The Morgan fingerprint density at radius 1 is 0.353 bits per heavy atom. The summed E-state index contributed by atoms with van der Waals surface area (Å²) in [6.45, 7) is 0. The fourth-order valence-electron chi connectivity index (χ4n) is 7.47. The fourth-order valence-corrected chi connectivity index (χ4v) is 7.47. The fraction of sp³-hybridized carbons (Fsp3) is 0. The number of rotatable bonds is 4. The van der Waals surface area contributed by atoms with Crippen molar-refractivity contribution >= 4 is 65.4 Å². The summed E-state index contributed by atoms with van der Waals surface area (Å²) in [4.78, 5) is 15.4. The van der Waals surface area contributed by atoms with E-state index in [1.165, 1.54) is 4.57 Å². The van der Waals surface area contributed by atoms with Crippen LogP contribution in [0.1, 0.15) is 11.0 Å². The zero-order chi connectivity index (χ0) is 40.4. The average Bonchev–Trinajstić information content (AvgIpc) is 3.93. The molecule has 0 amide bonds. The Morgan fingerprint density at radius 3 is 1.25 bits per heavy atom. The molecule has 51 heavy (non-hydrogen) atoms. The van der Waals surface area contributed by atoms with E-state index in [0.717, 1.165) is 49.3 Å². The van der Waals surface area contributed by atoms with Gasteiger partial charge in [0.15, 0.2) is 5.82 Å². The zero-order valence-electron chi connectivity index (χ0n) is 34.7. The van der Waals surface area contributed by atoms with Crippen LogP contribution in [-0.4, -0.2) is 28.7 Å². The molecule has 4 aromatic heterocycles. The molecule has 11 rings (SSSR count). The predicted molar refractivity (Wildman–Crippen MR) is 208 cm³/mol. The highest BCUT2D eigenvalue weighted by molar-refractivity contribution is 6.11. The molecule has 0 saturated heterocycles. The monoisotopic (exact) mass is 660 g/mol. The quantitative estimate of drug-likeness (QED) is 0.189. The highest BCUT2D eigenvalue weighted by atomic mass is 15.3. The van der Waals surface area contributed by atoms with Crippen molar-refractivity contribution in [1.29, 1.82) is 0 Å². The first-order valence-corrected chi connectivity index (χ1v) is 16.5. The van der Waals surface area contributed by atoms with Crippen LogP contribution in [0.25, 0.3) is 94.4 Å². The highest BCUT2D eigenvalue weighted by Gasteiger charge is 2.22. The Hall–Kier alpha value is -7.05. The second-order valence-electron chi connectivity index (χ2n) is 12.3. The third-order valence-electron chi connectivity index (χ3n) is 9.59. The smallest absolute Gasteiger partial charge is 0.240 e. The van der Waals surface area contributed by atoms with Gasteiger partial charge in [0, 0.05) is 37.9 Å². The Balaban J connectivity index is 1.33. The molecule has 11 aromatic rings. The predicted octanol–water partition coefficient (Wildman–Crippen LogP) is 10.8. The molecule has 4 heterocycles. The summed E-state index contributed by atoms with van der Waals surface area (Å²) in [5.74, 6) is 0.316. The van der Waals surface area contributed by atoms with Gasteiger partial charge >= 0.3 is 0 Å². The van der Waals surface area contributed by atoms with E-state index in [1.54, 1.807) is 0 Å². The van der Waals surface area contributed by atoms with Gasteiger partial charge in [-0.1, -0.05) is 121 Å². The van der Waals surface area contributed by atoms with E-state index in [-0.39, 0.29) is 39.5 Å². The van der Waals surface area contributed by atoms with E-state index in [1.807, 2.05) is 102 Å². The molecular weight excluding hydrogens is 625 g/mol. The van der Waals surface area contributed by atoms with Crippen molar-refractivity contribution in [3.8, 4) is 29.0 Å². The summed E-state index contributed by atoms with van der Waals surface area (Å²) in [6, 6.07) is 35.9. The van der Waals surface area contributed by atoms with E-state index in [2.05, 4.69) is 28.8 Å². The lowest BCUT2D eigenvalue weighted by Crippen LogP contribution is -2.11. The summed E-state index contributed by atoms with van der Waals surface area (Å²) in [7, 11) is 0. The number of benzene rings is 7. The molecule has 7 aromatic carbocycles. The summed E-state index contributed by atoms with van der Waals surface area (Å²) in [5, 5.41) is 3.91. The first kappa shape index (κ1) is 21.1. The van der Waals surface area contributed by atoms with Crippen LogP contribution in [0.3, 0.4) is 0 Å². The van der Waals surface area contributed by atoms with Gasteiger partial charge in [0.1, 0.15) is 0 Å². The van der Waals surface area contributed by atoms with Crippen LogP contribution < -0.4 is 0 Å². The standard InChI is InChI=1S/C45H28N6/c1-8-22-36-29(15-1)30-16-2-9-23-37(30)49(36)42-28-14-7-21-35(42)43-46-44(50-38-24-10-3-17-31(38)32-18-4-11-25-39(32)50)48-45(47-43)51-40-26-12-5-19-33(40)34-20-6-13-27-41(34)51/h1-28H/i3D,4D,10D,11D,17D,18D,24D,25D. The lowest BCUT2D eigenvalue weighted by Gasteiger charge is -2.16. The van der Waals surface area contributed by atoms with Crippen LogP contribution >= 0.6 is 0 Å². The lowest BCUT2D eigenvalue weighted by molar-refractivity contribution is 0.892. The first-order chi connectivity index (χ1) is 28.7. The van der Waals surface area contributed by atoms with Crippen molar-refractivity contribution in [2.45, 2.75) is 0 Å². The van der Waals surface area contributed by atoms with E-state index < -0.39 is 48.3 Å². The molecule has 6 nitrogen and oxygen atoms in total. The molecule has 0 unspecified atom stereocenters. The van der Waals surface area contributed by atoms with E-state index >= 15 is 0 Å². The summed E-state index contributed by atoms with van der Waals surface area (Å²) >= 11 is 0. The van der Waals surface area contributed by atoms with Gasteiger partial charge in [-0.3, -0.25) is 9.13 Å². The summed E-state index contributed by atoms with van der Waals surface area (Å²) in [6.07, 6.45) is 0. The van der Waals surface area contributed by atoms with Gasteiger partial charge in [0.05, 0.1) is 49.8 Å². The van der Waals surface area contributed by atoms with Crippen molar-refractivity contribution in [3.05, 3.63) is 170 Å². The molecule has 0 bridgehead atoms. The second kappa shape index (κ2) is 10.7. The van der Waals surface area contributed by atoms with Crippen LogP contribution in [0.2, 0.25) is 0 Å². The van der Waals surface area contributed by atoms with E-state index in [9.17, 15) is 2.74 Å². The Labute approximate surface area is 303 Å². The van der Waals surface area contributed by atoms with Crippen molar-refractivity contribution in [2.75, 3.05) is 0 Å². The maximum Gasteiger partial charge on any atom is 0.240 e. The third kappa shape index (κ3) is 4.01. The van der Waals surface area contributed by atoms with Crippen molar-refractivity contribution < 1.29 is 11.0 Å². The van der Waals surface area contributed by atoms with Gasteiger partial charge in [-0.25, -0.2) is 0 Å². The molecule has 0 fully saturated rings. The number of hydrogen-bond acceptors (Lipinski definition) is 3. The van der Waals surface area contributed by atoms with Gasteiger partial charge in [0.25, 0.3) is 0 Å². The second-order valence-corrected chi connectivity index (χ2v) is 12.3. The molecule has 0 radical (unpaired) electrons. The minimum Gasteiger partial charge on any atom is -0.309 e. The minimum atomic E-state index is -0.532. The number of nitrogens with zero attached hydrogens (tertiary/aromatic N) is 6. The molecule has 0 saturated carbocycles. The maximum absolute atomic E-state index is 9.20. The molecule has 6 heteroatoms. The van der Waals surface area contributed by atoms with Crippen LogP contribution in [0.4, 0.5) is 0 Å². The normalized spacial score (nSPS) is 14.1. The van der Waals surface area contributed by atoms with Gasteiger partial charge in [-0.15, -0.1) is 0 Å². The largest absolute Gasteiger partial charge is 0.309 e. The molecule has 0 atom stereocenters. The molecule has 0 spiro atoms. The first-order valence-electron chi connectivity index (χ1n) is 20.5. The molecule has 238 valence electrons. The summed E-state index contributed by atoms with van der Waals surface area (Å²) < 4.78 is 76.4. The molecular formula is C45H28N6. The van der Waals surface area contributed by atoms with Gasteiger partial charge in [-0.2, -0.15) is 15.0 Å². The number of para-hydroxylation sites is 7. The van der Waals surface area contributed by atoms with Crippen molar-refractivity contribution in [2.24, 2.45) is 0 Å². The molecule has 0 N–H and O–H groups in total. The van der Waals surface area contributed by atoms with Crippen LogP contribution in [0, 0.1) is 0 Å². The number of aromatic nitrogens is 6. The topological polar surface area (TPSA) is 53.5 Å². The van der Waals surface area contributed by atoms with Crippen LogP contribution in [-0.2, 0) is 0 Å². The number of hydrogen-bond donors (Lipinski definition) is 0.